The fourth-order valence-electron chi connectivity index (χ4n) is 3.39. The van der Waals surface area contributed by atoms with Gasteiger partial charge in [-0.2, -0.15) is 0 Å². The molecule has 0 aromatic heterocycles. The highest BCUT2D eigenvalue weighted by molar-refractivity contribution is 5.78. The monoisotopic (exact) mass is 336 g/mol. The molecule has 1 amide bonds. The van der Waals surface area contributed by atoms with Crippen LogP contribution in [0.15, 0.2) is 24.3 Å². The molecule has 2 aliphatic heterocycles. The Hall–Kier alpha value is -1.50. The van der Waals surface area contributed by atoms with Gasteiger partial charge in [-0.25, -0.2) is 4.39 Å². The molecule has 2 aliphatic rings. The second kappa shape index (κ2) is 8.05. The van der Waals surface area contributed by atoms with E-state index < -0.39 is 0 Å². The second-order valence-corrected chi connectivity index (χ2v) is 6.59. The topological polar surface area (TPSA) is 42.0 Å². The molecule has 2 fully saturated rings. The van der Waals surface area contributed by atoms with E-state index in [1.807, 2.05) is 0 Å². The van der Waals surface area contributed by atoms with Crippen molar-refractivity contribution in [1.29, 1.82) is 0 Å². The van der Waals surface area contributed by atoms with E-state index in [4.69, 9.17) is 9.47 Å². The smallest absolute Gasteiger partial charge is 0.236 e. The van der Waals surface area contributed by atoms with Crippen molar-refractivity contribution in [3.8, 4) is 0 Å². The summed E-state index contributed by atoms with van der Waals surface area (Å²) in [5.41, 5.74) is 0.539. The number of piperidine rings is 1. The van der Waals surface area contributed by atoms with Gasteiger partial charge in [-0.15, -0.1) is 0 Å². The molecule has 3 rings (SSSR count). The summed E-state index contributed by atoms with van der Waals surface area (Å²) in [6, 6.07) is 6.57. The third kappa shape index (κ3) is 4.32. The van der Waals surface area contributed by atoms with Crippen molar-refractivity contribution in [2.24, 2.45) is 5.92 Å². The van der Waals surface area contributed by atoms with Gasteiger partial charge in [0.25, 0.3) is 0 Å². The minimum Gasteiger partial charge on any atom is -0.350 e. The number of carbonyl (C=O) groups is 1. The Labute approximate surface area is 142 Å². The molecule has 0 saturated carbocycles. The molecule has 0 N–H and O–H groups in total. The predicted octanol–water partition coefficient (Wildman–Crippen LogP) is 1.87. The summed E-state index contributed by atoms with van der Waals surface area (Å²) in [6.07, 6.45) is 1.98. The molecule has 0 aliphatic carbocycles. The van der Waals surface area contributed by atoms with Gasteiger partial charge in [-0.05, 0) is 25.5 Å². The average Bonchev–Trinajstić information content (AvgIpc) is 3.12. The summed E-state index contributed by atoms with van der Waals surface area (Å²) in [7, 11) is 1.72. The maximum Gasteiger partial charge on any atom is 0.236 e. The molecular weight excluding hydrogens is 311 g/mol. The highest BCUT2D eigenvalue weighted by Gasteiger charge is 2.31. The molecule has 1 aromatic rings. The fourth-order valence-corrected chi connectivity index (χ4v) is 3.39. The summed E-state index contributed by atoms with van der Waals surface area (Å²) in [5, 5.41) is 0. The van der Waals surface area contributed by atoms with Crippen molar-refractivity contribution in [2.75, 3.05) is 39.9 Å². The van der Waals surface area contributed by atoms with E-state index in [-0.39, 0.29) is 24.6 Å². The summed E-state index contributed by atoms with van der Waals surface area (Å²) in [6.45, 7) is 3.68. The number of hydrogen-bond donors (Lipinski definition) is 0. The summed E-state index contributed by atoms with van der Waals surface area (Å²) in [5.74, 6) is 0.0591. The molecule has 6 heteroatoms. The van der Waals surface area contributed by atoms with Crippen LogP contribution in [0.25, 0.3) is 0 Å². The van der Waals surface area contributed by atoms with Crippen molar-refractivity contribution in [3.05, 3.63) is 35.6 Å². The fraction of sp³-hybridized carbons (Fsp3) is 0.611. The van der Waals surface area contributed by atoms with Gasteiger partial charge >= 0.3 is 0 Å². The standard InChI is InChI=1S/C18H25FN2O3/c1-20(11-14-5-2-3-7-16(14)19)17(22)13-21-8-4-6-15(12-21)18-23-9-10-24-18/h2-3,5,7,15,18H,4,6,8-13H2,1H3. The first-order valence-electron chi connectivity index (χ1n) is 8.56. The number of nitrogens with zero attached hydrogens (tertiary/aromatic N) is 2. The van der Waals surface area contributed by atoms with Crippen molar-refractivity contribution >= 4 is 5.91 Å². The molecule has 0 bridgehead atoms. The number of amides is 1. The Kier molecular flexibility index (Phi) is 5.81. The van der Waals surface area contributed by atoms with E-state index in [2.05, 4.69) is 4.90 Å². The number of hydrogen-bond acceptors (Lipinski definition) is 4. The zero-order valence-corrected chi connectivity index (χ0v) is 14.1. The molecule has 5 nitrogen and oxygen atoms in total. The van der Waals surface area contributed by atoms with Gasteiger partial charge in [0, 0.05) is 31.6 Å². The molecule has 1 unspecified atom stereocenters. The normalized spacial score (nSPS) is 22.7. The number of rotatable bonds is 5. The zero-order chi connectivity index (χ0) is 16.9. The third-order valence-electron chi connectivity index (χ3n) is 4.72. The summed E-state index contributed by atoms with van der Waals surface area (Å²) in [4.78, 5) is 16.2. The lowest BCUT2D eigenvalue weighted by Gasteiger charge is -2.35. The van der Waals surface area contributed by atoms with Crippen LogP contribution in [0.5, 0.6) is 0 Å². The van der Waals surface area contributed by atoms with E-state index in [1.54, 1.807) is 30.1 Å². The average molecular weight is 336 g/mol. The second-order valence-electron chi connectivity index (χ2n) is 6.59. The van der Waals surface area contributed by atoms with Crippen LogP contribution in [0.2, 0.25) is 0 Å². The minimum atomic E-state index is -0.272. The van der Waals surface area contributed by atoms with Crippen LogP contribution in [0.3, 0.4) is 0 Å². The molecule has 24 heavy (non-hydrogen) atoms. The summed E-state index contributed by atoms with van der Waals surface area (Å²) >= 11 is 0. The van der Waals surface area contributed by atoms with Crippen molar-refractivity contribution in [1.82, 2.24) is 9.80 Å². The predicted molar refractivity (Wildman–Crippen MR) is 87.7 cm³/mol. The Morgan fingerprint density at radius 1 is 1.33 bits per heavy atom. The van der Waals surface area contributed by atoms with Crippen LogP contribution >= 0.6 is 0 Å². The van der Waals surface area contributed by atoms with E-state index in [9.17, 15) is 9.18 Å². The molecule has 1 aromatic carbocycles. The molecule has 2 heterocycles. The van der Waals surface area contributed by atoms with Gasteiger partial charge in [-0.1, -0.05) is 18.2 Å². The van der Waals surface area contributed by atoms with Crippen LogP contribution in [-0.4, -0.2) is 61.9 Å². The Bertz CT molecular complexity index is 563. The van der Waals surface area contributed by atoms with Crippen molar-refractivity contribution < 1.29 is 18.7 Å². The maximum absolute atomic E-state index is 13.7. The van der Waals surface area contributed by atoms with Gasteiger partial charge in [0.05, 0.1) is 19.8 Å². The highest BCUT2D eigenvalue weighted by atomic mass is 19.1. The van der Waals surface area contributed by atoms with E-state index in [0.29, 0.717) is 31.2 Å². The molecular formula is C18H25FN2O3. The molecule has 0 radical (unpaired) electrons. The quantitative estimate of drug-likeness (QED) is 0.823. The highest BCUT2D eigenvalue weighted by Crippen LogP contribution is 2.24. The molecule has 132 valence electrons. The molecule has 0 spiro atoms. The van der Waals surface area contributed by atoms with Gasteiger partial charge < -0.3 is 14.4 Å². The van der Waals surface area contributed by atoms with E-state index >= 15 is 0 Å². The van der Waals surface area contributed by atoms with E-state index in [1.165, 1.54) is 6.07 Å². The van der Waals surface area contributed by atoms with Gasteiger partial charge in [0.1, 0.15) is 5.82 Å². The first kappa shape index (κ1) is 17.3. The van der Waals surface area contributed by atoms with Crippen molar-refractivity contribution in [3.63, 3.8) is 0 Å². The first-order chi connectivity index (χ1) is 11.6. The first-order valence-corrected chi connectivity index (χ1v) is 8.56. The Morgan fingerprint density at radius 2 is 2.08 bits per heavy atom. The van der Waals surface area contributed by atoms with Gasteiger partial charge in [0.2, 0.25) is 5.91 Å². The van der Waals surface area contributed by atoms with Crippen LogP contribution in [0, 0.1) is 11.7 Å². The lowest BCUT2D eigenvalue weighted by atomic mass is 9.97. The maximum atomic E-state index is 13.7. The lowest BCUT2D eigenvalue weighted by molar-refractivity contribution is -0.134. The van der Waals surface area contributed by atoms with E-state index in [0.717, 1.165) is 25.9 Å². The number of likely N-dealkylation sites (tertiary alicyclic amines) is 1. The third-order valence-corrected chi connectivity index (χ3v) is 4.72. The summed E-state index contributed by atoms with van der Waals surface area (Å²) < 4.78 is 24.9. The lowest BCUT2D eigenvalue weighted by Crippen LogP contribution is -2.45. The number of likely N-dealkylation sites (N-methyl/N-ethyl adjacent to an activating group) is 1. The number of halogens is 1. The van der Waals surface area contributed by atoms with Crippen LogP contribution in [0.4, 0.5) is 4.39 Å². The number of benzene rings is 1. The van der Waals surface area contributed by atoms with Crippen molar-refractivity contribution in [2.45, 2.75) is 25.7 Å². The molecule has 1 atom stereocenters. The SMILES string of the molecule is CN(Cc1ccccc1F)C(=O)CN1CCCC(C2OCCO2)C1. The van der Waals surface area contributed by atoms with Crippen LogP contribution in [-0.2, 0) is 20.8 Å². The van der Waals surface area contributed by atoms with Crippen LogP contribution < -0.4 is 0 Å². The van der Waals surface area contributed by atoms with Gasteiger partial charge in [0.15, 0.2) is 6.29 Å². The number of carbonyl (C=O) groups excluding carboxylic acids is 1. The van der Waals surface area contributed by atoms with Gasteiger partial charge in [-0.3, -0.25) is 9.69 Å². The largest absolute Gasteiger partial charge is 0.350 e. The number of ether oxygens (including phenoxy) is 2. The Morgan fingerprint density at radius 3 is 2.83 bits per heavy atom. The van der Waals surface area contributed by atoms with Crippen LogP contribution in [0.1, 0.15) is 18.4 Å². The zero-order valence-electron chi connectivity index (χ0n) is 14.1. The molecule has 2 saturated heterocycles. The minimum absolute atomic E-state index is 0.00663. The Balaban J connectivity index is 1.51.